The number of ether oxygens (including phenoxy) is 1. The number of hydrogen-bond donors (Lipinski definition) is 1. The van der Waals surface area contributed by atoms with Gasteiger partial charge in [-0.1, -0.05) is 24.0 Å². The predicted octanol–water partition coefficient (Wildman–Crippen LogP) is 5.22. The molecule has 12 heteroatoms. The number of rotatable bonds is 5. The number of hydrogen-bond acceptors (Lipinski definition) is 5. The Balaban J connectivity index is 1.56. The minimum atomic E-state index is -5.06. The van der Waals surface area contributed by atoms with Crippen molar-refractivity contribution in [3.63, 3.8) is 0 Å². The van der Waals surface area contributed by atoms with Crippen LogP contribution in [0.4, 0.5) is 26.3 Å². The molecule has 1 atom stereocenters. The van der Waals surface area contributed by atoms with Crippen LogP contribution in [0.1, 0.15) is 46.5 Å². The van der Waals surface area contributed by atoms with Gasteiger partial charge in [-0.3, -0.25) is 14.6 Å². The molecule has 1 unspecified atom stereocenters. The Morgan fingerprint density at radius 3 is 2.23 bits per heavy atom. The molecule has 0 radical (unpaired) electrons. The lowest BCUT2D eigenvalue weighted by Gasteiger charge is -2.41. The molecule has 43 heavy (non-hydrogen) atoms. The Bertz CT molecular complexity index is 1350. The number of aromatic hydroxyl groups is 1. The van der Waals surface area contributed by atoms with Gasteiger partial charge in [-0.25, -0.2) is 0 Å². The van der Waals surface area contributed by atoms with Gasteiger partial charge in [0.15, 0.2) is 0 Å². The molecule has 0 bridgehead atoms. The predicted molar refractivity (Wildman–Crippen MR) is 149 cm³/mol. The number of aryl methyl sites for hydroxylation is 1. The number of alkyl halides is 6. The summed E-state index contributed by atoms with van der Waals surface area (Å²) in [5.74, 6) is 5.55. The summed E-state index contributed by atoms with van der Waals surface area (Å²) in [5, 5.41) is 9.93. The number of carbonyl (C=O) groups excluding carboxylic acids is 1. The molecule has 1 N–H and O–H groups in total. The van der Waals surface area contributed by atoms with Gasteiger partial charge >= 0.3 is 12.4 Å². The molecule has 0 aromatic heterocycles. The van der Waals surface area contributed by atoms with Crippen LogP contribution in [0.15, 0.2) is 36.4 Å². The Kier molecular flexibility index (Phi) is 9.69. The SMILES string of the molecule is Cc1cc(CC2CN(CC#CCN3CCOCC3(C)C)CCN2C(=O)c2cc(C(F)(F)F)cc(C(F)(F)F)c2)ccc1O. The lowest BCUT2D eigenvalue weighted by atomic mass is 9.98. The van der Waals surface area contributed by atoms with Crippen LogP contribution in [0.25, 0.3) is 0 Å². The zero-order valence-corrected chi connectivity index (χ0v) is 24.3. The van der Waals surface area contributed by atoms with Crippen molar-refractivity contribution in [2.24, 2.45) is 0 Å². The Morgan fingerprint density at radius 1 is 0.977 bits per heavy atom. The van der Waals surface area contributed by atoms with Crippen LogP contribution in [-0.2, 0) is 23.5 Å². The summed E-state index contributed by atoms with van der Waals surface area (Å²) in [6.07, 6.45) is -9.84. The van der Waals surface area contributed by atoms with Gasteiger partial charge in [-0.2, -0.15) is 26.3 Å². The second-order valence-electron chi connectivity index (χ2n) is 11.6. The minimum absolute atomic E-state index is 0.0160. The molecular weight excluding hydrogens is 576 g/mol. The van der Waals surface area contributed by atoms with Gasteiger partial charge in [0.05, 0.1) is 37.4 Å². The molecule has 2 aliphatic rings. The fraction of sp³-hybridized carbons (Fsp3) is 0.516. The van der Waals surface area contributed by atoms with Gasteiger partial charge < -0.3 is 14.7 Å². The number of nitrogens with zero attached hydrogens (tertiary/aromatic N) is 3. The molecule has 4 rings (SSSR count). The molecule has 0 spiro atoms. The summed E-state index contributed by atoms with van der Waals surface area (Å²) < 4.78 is 86.5. The van der Waals surface area contributed by atoms with Crippen molar-refractivity contribution in [3.05, 3.63) is 64.2 Å². The van der Waals surface area contributed by atoms with Crippen LogP contribution < -0.4 is 0 Å². The van der Waals surface area contributed by atoms with Crippen LogP contribution in [0.5, 0.6) is 5.75 Å². The van der Waals surface area contributed by atoms with Crippen molar-refractivity contribution < 1.29 is 41.0 Å². The van der Waals surface area contributed by atoms with E-state index in [9.17, 15) is 36.2 Å². The highest BCUT2D eigenvalue weighted by molar-refractivity contribution is 5.95. The molecule has 2 aromatic rings. The van der Waals surface area contributed by atoms with E-state index in [0.717, 1.165) is 12.1 Å². The highest BCUT2D eigenvalue weighted by Gasteiger charge is 2.39. The summed E-state index contributed by atoms with van der Waals surface area (Å²) in [5.41, 5.74) is -2.51. The maximum absolute atomic E-state index is 13.6. The van der Waals surface area contributed by atoms with E-state index in [4.69, 9.17) is 4.74 Å². The highest BCUT2D eigenvalue weighted by atomic mass is 19.4. The smallest absolute Gasteiger partial charge is 0.416 e. The van der Waals surface area contributed by atoms with E-state index >= 15 is 0 Å². The summed E-state index contributed by atoms with van der Waals surface area (Å²) in [6, 6.07) is 5.34. The molecule has 2 aliphatic heterocycles. The van der Waals surface area contributed by atoms with Gasteiger partial charge in [0.2, 0.25) is 0 Å². The average Bonchev–Trinajstić information content (AvgIpc) is 2.92. The minimum Gasteiger partial charge on any atom is -0.508 e. The van der Waals surface area contributed by atoms with Crippen LogP contribution in [0, 0.1) is 18.8 Å². The fourth-order valence-electron chi connectivity index (χ4n) is 5.37. The third-order valence-electron chi connectivity index (χ3n) is 7.91. The summed E-state index contributed by atoms with van der Waals surface area (Å²) in [4.78, 5) is 19.2. The fourth-order valence-corrected chi connectivity index (χ4v) is 5.37. The van der Waals surface area contributed by atoms with Gasteiger partial charge in [0.25, 0.3) is 5.91 Å². The molecule has 2 fully saturated rings. The summed E-state index contributed by atoms with van der Waals surface area (Å²) in [6.45, 7) is 9.59. The maximum atomic E-state index is 13.6. The average molecular weight is 612 g/mol. The molecule has 234 valence electrons. The standard InChI is InChI=1S/C31H35F6N3O3/c1-21-14-22(6-7-27(21)41)15-26-19-38(8-4-5-9-39-12-13-43-20-29(39,2)3)10-11-40(26)28(42)23-16-24(30(32,33)34)18-25(17-23)31(35,36)37/h6-7,14,16-18,26,41H,8-13,15,19-20H2,1-3H3. The van der Waals surface area contributed by atoms with Crippen LogP contribution >= 0.6 is 0 Å². The first-order valence-electron chi connectivity index (χ1n) is 13.9. The summed E-state index contributed by atoms with van der Waals surface area (Å²) >= 11 is 0. The molecule has 6 nitrogen and oxygen atoms in total. The first kappa shape index (κ1) is 32.6. The highest BCUT2D eigenvalue weighted by Crippen LogP contribution is 2.37. The molecular formula is C31H35F6N3O3. The summed E-state index contributed by atoms with van der Waals surface area (Å²) in [7, 11) is 0. The number of carbonyl (C=O) groups is 1. The zero-order chi connectivity index (χ0) is 31.6. The van der Waals surface area contributed by atoms with Crippen molar-refractivity contribution in [2.75, 3.05) is 52.5 Å². The van der Waals surface area contributed by atoms with E-state index < -0.39 is 41.0 Å². The second-order valence-corrected chi connectivity index (χ2v) is 11.6. The molecule has 0 aliphatic carbocycles. The van der Waals surface area contributed by atoms with E-state index in [-0.39, 0.29) is 30.3 Å². The molecule has 1 amide bonds. The Labute approximate surface area is 247 Å². The number of phenolic OH excluding ortho intramolecular Hbond substituents is 1. The quantitative estimate of drug-likeness (QED) is 0.371. The monoisotopic (exact) mass is 611 g/mol. The lowest BCUT2D eigenvalue weighted by molar-refractivity contribution is -0.143. The zero-order valence-electron chi connectivity index (χ0n) is 24.3. The third-order valence-corrected chi connectivity index (χ3v) is 7.91. The van der Waals surface area contributed by atoms with Gasteiger partial charge in [0.1, 0.15) is 5.75 Å². The molecule has 2 heterocycles. The number of phenols is 1. The maximum Gasteiger partial charge on any atom is 0.416 e. The van der Waals surface area contributed by atoms with E-state index in [0.29, 0.717) is 57.1 Å². The van der Waals surface area contributed by atoms with Crippen molar-refractivity contribution in [2.45, 2.75) is 51.1 Å². The topological polar surface area (TPSA) is 56.2 Å². The number of amides is 1. The van der Waals surface area contributed by atoms with Crippen molar-refractivity contribution in [3.8, 4) is 17.6 Å². The number of piperazine rings is 1. The molecule has 2 aromatic carbocycles. The van der Waals surface area contributed by atoms with E-state index in [1.165, 1.54) is 11.0 Å². The lowest BCUT2D eigenvalue weighted by Crippen LogP contribution is -2.56. The van der Waals surface area contributed by atoms with Gasteiger partial charge in [-0.15, -0.1) is 0 Å². The molecule has 2 saturated heterocycles. The second kappa shape index (κ2) is 12.8. The van der Waals surface area contributed by atoms with Crippen LogP contribution in [-0.4, -0.2) is 89.8 Å². The van der Waals surface area contributed by atoms with Crippen LogP contribution in [0.2, 0.25) is 0 Å². The molecule has 0 saturated carbocycles. The normalized spacial score (nSPS) is 20.0. The van der Waals surface area contributed by atoms with E-state index in [2.05, 4.69) is 30.6 Å². The number of morpholine rings is 1. The first-order chi connectivity index (χ1) is 20.0. The first-order valence-corrected chi connectivity index (χ1v) is 13.9. The van der Waals surface area contributed by atoms with E-state index in [1.807, 2.05) is 4.90 Å². The largest absolute Gasteiger partial charge is 0.508 e. The number of halogens is 6. The van der Waals surface area contributed by atoms with E-state index in [1.54, 1.807) is 19.1 Å². The van der Waals surface area contributed by atoms with Crippen LogP contribution in [0.3, 0.4) is 0 Å². The van der Waals surface area contributed by atoms with Gasteiger partial charge in [-0.05, 0) is 62.6 Å². The van der Waals surface area contributed by atoms with Crippen molar-refractivity contribution in [1.29, 1.82) is 0 Å². The van der Waals surface area contributed by atoms with Crippen molar-refractivity contribution in [1.82, 2.24) is 14.7 Å². The number of benzene rings is 2. The third kappa shape index (κ3) is 8.22. The van der Waals surface area contributed by atoms with Crippen molar-refractivity contribution >= 4 is 5.91 Å². The Hall–Kier alpha value is -3.27. The van der Waals surface area contributed by atoms with Gasteiger partial charge in [0, 0.05) is 43.3 Å². The Morgan fingerprint density at radius 2 is 1.63 bits per heavy atom.